The molecule has 0 aliphatic heterocycles. The minimum atomic E-state index is -1.29. The van der Waals surface area contributed by atoms with Crippen LogP contribution in [0.2, 0.25) is 0 Å². The first kappa shape index (κ1) is 20.4. The standard InChI is InChI=1S/C18H20N2O6S/c1-3-24-15(21)14(16(22)25-4-2)13-11-27-17(19-13)20-18(23)26-10-12-8-6-5-7-9-12/h5-9,11,14H,3-4,10H2,1-2H3,(H,19,20,23). The largest absolute Gasteiger partial charge is 0.465 e. The van der Waals surface area contributed by atoms with Gasteiger partial charge in [-0.25, -0.2) is 9.78 Å². The van der Waals surface area contributed by atoms with Crippen LogP contribution in [0, 0.1) is 0 Å². The Bertz CT molecular complexity index is 759. The fraction of sp³-hybridized carbons (Fsp3) is 0.333. The highest BCUT2D eigenvalue weighted by Gasteiger charge is 2.33. The van der Waals surface area contributed by atoms with Gasteiger partial charge in [0.2, 0.25) is 0 Å². The molecular formula is C18H20N2O6S. The van der Waals surface area contributed by atoms with Crippen LogP contribution in [0.4, 0.5) is 9.93 Å². The number of nitrogens with zero attached hydrogens (tertiary/aromatic N) is 1. The predicted molar refractivity (Wildman–Crippen MR) is 98.4 cm³/mol. The van der Waals surface area contributed by atoms with Crippen LogP contribution in [-0.4, -0.2) is 36.2 Å². The number of anilines is 1. The first-order valence-electron chi connectivity index (χ1n) is 8.31. The lowest BCUT2D eigenvalue weighted by atomic mass is 10.1. The van der Waals surface area contributed by atoms with E-state index in [0.29, 0.717) is 0 Å². The highest BCUT2D eigenvalue weighted by atomic mass is 32.1. The van der Waals surface area contributed by atoms with Gasteiger partial charge in [-0.15, -0.1) is 11.3 Å². The molecule has 2 rings (SSSR count). The topological polar surface area (TPSA) is 104 Å². The number of ether oxygens (including phenoxy) is 3. The van der Waals surface area contributed by atoms with E-state index in [-0.39, 0.29) is 30.6 Å². The maximum Gasteiger partial charge on any atom is 0.413 e. The molecule has 8 nitrogen and oxygen atoms in total. The van der Waals surface area contributed by atoms with Gasteiger partial charge in [0, 0.05) is 5.38 Å². The van der Waals surface area contributed by atoms with Crippen molar-refractivity contribution in [1.82, 2.24) is 4.98 Å². The molecule has 2 aromatic rings. The molecule has 27 heavy (non-hydrogen) atoms. The second-order valence-electron chi connectivity index (χ2n) is 5.20. The summed E-state index contributed by atoms with van der Waals surface area (Å²) in [7, 11) is 0. The molecule has 0 radical (unpaired) electrons. The van der Waals surface area contributed by atoms with E-state index in [2.05, 4.69) is 10.3 Å². The lowest BCUT2D eigenvalue weighted by Crippen LogP contribution is -2.26. The lowest BCUT2D eigenvalue weighted by Gasteiger charge is -2.12. The summed E-state index contributed by atoms with van der Waals surface area (Å²) in [5.41, 5.74) is 0.993. The Labute approximate surface area is 160 Å². The Morgan fingerprint density at radius 1 is 1.04 bits per heavy atom. The minimum Gasteiger partial charge on any atom is -0.465 e. The monoisotopic (exact) mass is 392 g/mol. The van der Waals surface area contributed by atoms with Crippen LogP contribution in [0.3, 0.4) is 0 Å². The van der Waals surface area contributed by atoms with E-state index in [0.717, 1.165) is 16.9 Å². The average molecular weight is 392 g/mol. The van der Waals surface area contributed by atoms with E-state index in [9.17, 15) is 14.4 Å². The van der Waals surface area contributed by atoms with Crippen molar-refractivity contribution in [2.24, 2.45) is 0 Å². The van der Waals surface area contributed by atoms with Crippen LogP contribution in [0.25, 0.3) is 0 Å². The molecule has 1 aromatic heterocycles. The second kappa shape index (κ2) is 10.3. The third-order valence-corrected chi connectivity index (χ3v) is 4.06. The number of amides is 1. The molecule has 0 unspecified atom stereocenters. The molecule has 1 aromatic carbocycles. The van der Waals surface area contributed by atoms with E-state index in [1.54, 1.807) is 13.8 Å². The number of carbonyl (C=O) groups excluding carboxylic acids is 3. The number of aromatic nitrogens is 1. The van der Waals surface area contributed by atoms with Crippen LogP contribution in [-0.2, 0) is 30.4 Å². The molecule has 0 saturated heterocycles. The molecule has 0 aliphatic rings. The van der Waals surface area contributed by atoms with Gasteiger partial charge in [-0.1, -0.05) is 30.3 Å². The zero-order chi connectivity index (χ0) is 19.6. The number of esters is 2. The fourth-order valence-electron chi connectivity index (χ4n) is 2.11. The number of benzene rings is 1. The smallest absolute Gasteiger partial charge is 0.413 e. The van der Waals surface area contributed by atoms with Crippen LogP contribution in [0.15, 0.2) is 35.7 Å². The van der Waals surface area contributed by atoms with E-state index in [1.807, 2.05) is 30.3 Å². The summed E-state index contributed by atoms with van der Waals surface area (Å²) in [5.74, 6) is -2.80. The number of thiazole rings is 1. The lowest BCUT2D eigenvalue weighted by molar-refractivity contribution is -0.157. The van der Waals surface area contributed by atoms with Gasteiger partial charge < -0.3 is 14.2 Å². The summed E-state index contributed by atoms with van der Waals surface area (Å²) in [5, 5.41) is 4.16. The third kappa shape index (κ3) is 6.07. The Kier molecular flexibility index (Phi) is 7.75. The van der Waals surface area contributed by atoms with Crippen molar-refractivity contribution >= 4 is 34.5 Å². The summed E-state index contributed by atoms with van der Waals surface area (Å²) in [6.45, 7) is 3.62. The molecule has 0 fully saturated rings. The zero-order valence-electron chi connectivity index (χ0n) is 15.0. The van der Waals surface area contributed by atoms with E-state index in [4.69, 9.17) is 14.2 Å². The van der Waals surface area contributed by atoms with Crippen LogP contribution >= 0.6 is 11.3 Å². The first-order chi connectivity index (χ1) is 13.0. The van der Waals surface area contributed by atoms with E-state index in [1.165, 1.54) is 5.38 Å². The molecule has 0 spiro atoms. The molecule has 0 atom stereocenters. The van der Waals surface area contributed by atoms with E-state index < -0.39 is 23.9 Å². The van der Waals surface area contributed by atoms with Crippen molar-refractivity contribution in [2.75, 3.05) is 18.5 Å². The van der Waals surface area contributed by atoms with Crippen LogP contribution < -0.4 is 5.32 Å². The Morgan fingerprint density at radius 3 is 2.26 bits per heavy atom. The number of rotatable bonds is 8. The van der Waals surface area contributed by atoms with Gasteiger partial charge in [-0.2, -0.15) is 0 Å². The molecule has 0 saturated carbocycles. The summed E-state index contributed by atoms with van der Waals surface area (Å²) in [6.07, 6.45) is -0.691. The molecular weight excluding hydrogens is 372 g/mol. The number of hydrogen-bond acceptors (Lipinski definition) is 8. The Balaban J connectivity index is 2.00. The van der Waals surface area contributed by atoms with Crippen molar-refractivity contribution in [3.8, 4) is 0 Å². The summed E-state index contributed by atoms with van der Waals surface area (Å²) >= 11 is 1.06. The normalized spacial score (nSPS) is 10.3. The molecule has 1 amide bonds. The zero-order valence-corrected chi connectivity index (χ0v) is 15.8. The second-order valence-corrected chi connectivity index (χ2v) is 6.06. The fourth-order valence-corrected chi connectivity index (χ4v) is 2.83. The number of carbonyl (C=O) groups is 3. The van der Waals surface area contributed by atoms with Gasteiger partial charge in [0.15, 0.2) is 11.0 Å². The Morgan fingerprint density at radius 2 is 1.67 bits per heavy atom. The molecule has 9 heteroatoms. The van der Waals surface area contributed by atoms with E-state index >= 15 is 0 Å². The van der Waals surface area contributed by atoms with Crippen molar-refractivity contribution in [1.29, 1.82) is 0 Å². The maximum atomic E-state index is 12.1. The van der Waals surface area contributed by atoms with Gasteiger partial charge >= 0.3 is 18.0 Å². The van der Waals surface area contributed by atoms with Crippen molar-refractivity contribution in [2.45, 2.75) is 26.4 Å². The molecule has 144 valence electrons. The first-order valence-corrected chi connectivity index (χ1v) is 9.19. The van der Waals surface area contributed by atoms with Crippen molar-refractivity contribution < 1.29 is 28.6 Å². The number of nitrogens with one attached hydrogen (secondary N) is 1. The molecule has 0 bridgehead atoms. The van der Waals surface area contributed by atoms with Crippen molar-refractivity contribution in [3.63, 3.8) is 0 Å². The summed E-state index contributed by atoms with van der Waals surface area (Å²) < 4.78 is 14.9. The predicted octanol–water partition coefficient (Wildman–Crippen LogP) is 3.10. The maximum absolute atomic E-state index is 12.1. The van der Waals surface area contributed by atoms with Gasteiger partial charge in [0.05, 0.1) is 18.9 Å². The average Bonchev–Trinajstić information content (AvgIpc) is 3.09. The van der Waals surface area contributed by atoms with Gasteiger partial charge in [-0.3, -0.25) is 14.9 Å². The SMILES string of the molecule is CCOC(=O)C(C(=O)OCC)c1csc(NC(=O)OCc2ccccc2)n1. The highest BCUT2D eigenvalue weighted by Crippen LogP contribution is 2.25. The van der Waals surface area contributed by atoms with Gasteiger partial charge in [-0.05, 0) is 19.4 Å². The minimum absolute atomic E-state index is 0.110. The molecule has 1 N–H and O–H groups in total. The summed E-state index contributed by atoms with van der Waals surface area (Å²) in [4.78, 5) is 40.2. The van der Waals surface area contributed by atoms with Crippen LogP contribution in [0.1, 0.15) is 31.0 Å². The molecule has 0 aliphatic carbocycles. The third-order valence-electron chi connectivity index (χ3n) is 3.28. The quantitative estimate of drug-likeness (QED) is 0.418. The van der Waals surface area contributed by atoms with Crippen molar-refractivity contribution in [3.05, 3.63) is 47.0 Å². The summed E-state index contributed by atoms with van der Waals surface area (Å²) in [6, 6.07) is 9.21. The van der Waals surface area contributed by atoms with Crippen LogP contribution in [0.5, 0.6) is 0 Å². The van der Waals surface area contributed by atoms with Gasteiger partial charge in [0.25, 0.3) is 0 Å². The van der Waals surface area contributed by atoms with Gasteiger partial charge in [0.1, 0.15) is 6.61 Å². The number of hydrogen-bond donors (Lipinski definition) is 1. The highest BCUT2D eigenvalue weighted by molar-refractivity contribution is 7.14. The Hall–Kier alpha value is -2.94. The molecule has 1 heterocycles.